The average Bonchev–Trinajstić information content (AvgIpc) is 2.36. The molecule has 3 unspecified atom stereocenters. The molecule has 1 amide bonds. The minimum atomic E-state index is -0.405. The van der Waals surface area contributed by atoms with Crippen LogP contribution in [0.25, 0.3) is 0 Å². The maximum atomic E-state index is 11.2. The van der Waals surface area contributed by atoms with E-state index in [4.69, 9.17) is 5.73 Å². The summed E-state index contributed by atoms with van der Waals surface area (Å²) in [5.74, 6) is 0.447. The minimum Gasteiger partial charge on any atom is -0.350 e. The van der Waals surface area contributed by atoms with Gasteiger partial charge in [-0.25, -0.2) is 0 Å². The van der Waals surface area contributed by atoms with Crippen molar-refractivity contribution in [2.24, 2.45) is 11.7 Å². The Morgan fingerprint density at radius 3 is 2.75 bits per heavy atom. The van der Waals surface area contributed by atoms with Crippen molar-refractivity contribution in [2.75, 3.05) is 13.1 Å². The molecule has 0 aromatic heterocycles. The van der Waals surface area contributed by atoms with Gasteiger partial charge in [-0.1, -0.05) is 6.92 Å². The molecule has 12 heavy (non-hydrogen) atoms. The normalized spacial score (nSPS) is 31.6. The van der Waals surface area contributed by atoms with Crippen LogP contribution in [-0.2, 0) is 4.79 Å². The highest BCUT2D eigenvalue weighted by molar-refractivity contribution is 5.81. The van der Waals surface area contributed by atoms with Gasteiger partial charge in [0.15, 0.2) is 0 Å². The van der Waals surface area contributed by atoms with Crippen molar-refractivity contribution in [3.8, 4) is 0 Å². The zero-order valence-corrected chi connectivity index (χ0v) is 7.63. The molecule has 4 nitrogen and oxygen atoms in total. The molecule has 0 bridgehead atoms. The van der Waals surface area contributed by atoms with Crippen LogP contribution in [0.15, 0.2) is 0 Å². The number of carbonyl (C=O) groups is 1. The third kappa shape index (κ3) is 2.19. The van der Waals surface area contributed by atoms with E-state index >= 15 is 0 Å². The monoisotopic (exact) mass is 171 g/mol. The van der Waals surface area contributed by atoms with Crippen LogP contribution in [0.3, 0.4) is 0 Å². The molecule has 1 saturated heterocycles. The van der Waals surface area contributed by atoms with Crippen LogP contribution in [0.4, 0.5) is 0 Å². The predicted molar refractivity (Wildman–Crippen MR) is 47.6 cm³/mol. The van der Waals surface area contributed by atoms with Crippen molar-refractivity contribution in [1.82, 2.24) is 10.6 Å². The highest BCUT2D eigenvalue weighted by atomic mass is 16.2. The fourth-order valence-corrected chi connectivity index (χ4v) is 1.32. The third-order valence-electron chi connectivity index (χ3n) is 2.26. The first-order valence-electron chi connectivity index (χ1n) is 4.38. The predicted octanol–water partition coefficient (Wildman–Crippen LogP) is -0.942. The number of carbonyl (C=O) groups excluding carboxylic acids is 1. The zero-order valence-electron chi connectivity index (χ0n) is 7.63. The minimum absolute atomic E-state index is 0.0597. The van der Waals surface area contributed by atoms with Crippen LogP contribution >= 0.6 is 0 Å². The van der Waals surface area contributed by atoms with E-state index in [1.165, 1.54) is 0 Å². The van der Waals surface area contributed by atoms with E-state index in [2.05, 4.69) is 17.6 Å². The molecule has 0 aromatic rings. The summed E-state index contributed by atoms with van der Waals surface area (Å²) in [5.41, 5.74) is 5.43. The van der Waals surface area contributed by atoms with Crippen molar-refractivity contribution in [2.45, 2.75) is 25.9 Å². The van der Waals surface area contributed by atoms with Gasteiger partial charge >= 0.3 is 0 Å². The molecule has 4 heteroatoms. The maximum absolute atomic E-state index is 11.2. The molecule has 0 aromatic carbocycles. The number of nitrogens with two attached hydrogens (primary N) is 1. The second kappa shape index (κ2) is 3.87. The molecule has 1 aliphatic heterocycles. The lowest BCUT2D eigenvalue weighted by Gasteiger charge is -2.17. The molecule has 1 heterocycles. The van der Waals surface area contributed by atoms with Gasteiger partial charge < -0.3 is 16.4 Å². The number of rotatable bonds is 2. The van der Waals surface area contributed by atoms with Gasteiger partial charge in [-0.15, -0.1) is 0 Å². The van der Waals surface area contributed by atoms with E-state index in [-0.39, 0.29) is 11.9 Å². The largest absolute Gasteiger partial charge is 0.350 e. The Labute approximate surface area is 72.9 Å². The van der Waals surface area contributed by atoms with Crippen molar-refractivity contribution < 1.29 is 4.79 Å². The van der Waals surface area contributed by atoms with Crippen LogP contribution in [-0.4, -0.2) is 31.1 Å². The van der Waals surface area contributed by atoms with E-state index in [1.807, 2.05) is 0 Å². The zero-order chi connectivity index (χ0) is 9.14. The van der Waals surface area contributed by atoms with Gasteiger partial charge in [-0.3, -0.25) is 4.79 Å². The lowest BCUT2D eigenvalue weighted by Crippen LogP contribution is -2.46. The Bertz CT molecular complexity index is 170. The molecule has 0 aliphatic carbocycles. The number of amides is 1. The van der Waals surface area contributed by atoms with E-state index in [0.717, 1.165) is 13.1 Å². The smallest absolute Gasteiger partial charge is 0.236 e. The van der Waals surface area contributed by atoms with Crippen molar-refractivity contribution in [3.63, 3.8) is 0 Å². The van der Waals surface area contributed by atoms with Gasteiger partial charge in [0.1, 0.15) is 0 Å². The number of hydrogen-bond acceptors (Lipinski definition) is 3. The summed E-state index contributed by atoms with van der Waals surface area (Å²) >= 11 is 0. The first-order valence-corrected chi connectivity index (χ1v) is 4.38. The first kappa shape index (κ1) is 9.48. The molecular formula is C8H17N3O. The van der Waals surface area contributed by atoms with Gasteiger partial charge in [0.05, 0.1) is 6.04 Å². The van der Waals surface area contributed by atoms with Gasteiger partial charge in [-0.05, 0) is 19.4 Å². The Morgan fingerprint density at radius 2 is 2.33 bits per heavy atom. The standard InChI is InChI=1S/C8H17N3O/c1-5-3-10-4-7(5)11-8(12)6(2)9/h5-7,10H,3-4,9H2,1-2H3,(H,11,12). The Balaban J connectivity index is 2.35. The lowest BCUT2D eigenvalue weighted by atomic mass is 10.1. The quantitative estimate of drug-likeness (QED) is 0.502. The molecule has 1 rings (SSSR count). The summed E-state index contributed by atoms with van der Waals surface area (Å²) in [6.07, 6.45) is 0. The topological polar surface area (TPSA) is 67.2 Å². The number of nitrogens with one attached hydrogen (secondary N) is 2. The molecule has 0 saturated carbocycles. The molecular weight excluding hydrogens is 154 g/mol. The average molecular weight is 171 g/mol. The number of hydrogen-bond donors (Lipinski definition) is 3. The van der Waals surface area contributed by atoms with Crippen LogP contribution in [0, 0.1) is 5.92 Å². The van der Waals surface area contributed by atoms with Crippen molar-refractivity contribution in [1.29, 1.82) is 0 Å². The Hall–Kier alpha value is -0.610. The molecule has 0 spiro atoms. The Morgan fingerprint density at radius 1 is 1.67 bits per heavy atom. The van der Waals surface area contributed by atoms with E-state index in [0.29, 0.717) is 5.92 Å². The van der Waals surface area contributed by atoms with Crippen LogP contribution in [0.1, 0.15) is 13.8 Å². The van der Waals surface area contributed by atoms with Crippen molar-refractivity contribution >= 4 is 5.91 Å². The second-order valence-electron chi connectivity index (χ2n) is 3.54. The first-order chi connectivity index (χ1) is 5.61. The Kier molecular flexibility index (Phi) is 3.05. The molecule has 1 aliphatic rings. The molecule has 70 valence electrons. The highest BCUT2D eigenvalue weighted by Crippen LogP contribution is 2.06. The van der Waals surface area contributed by atoms with Crippen LogP contribution in [0.5, 0.6) is 0 Å². The van der Waals surface area contributed by atoms with E-state index in [1.54, 1.807) is 6.92 Å². The van der Waals surface area contributed by atoms with Gasteiger partial charge in [0.2, 0.25) is 5.91 Å². The van der Waals surface area contributed by atoms with Crippen LogP contribution in [0.2, 0.25) is 0 Å². The molecule has 1 fully saturated rings. The second-order valence-corrected chi connectivity index (χ2v) is 3.54. The van der Waals surface area contributed by atoms with Crippen molar-refractivity contribution in [3.05, 3.63) is 0 Å². The molecule has 0 radical (unpaired) electrons. The van der Waals surface area contributed by atoms with Gasteiger partial charge in [0, 0.05) is 12.6 Å². The van der Waals surface area contributed by atoms with E-state index in [9.17, 15) is 4.79 Å². The summed E-state index contributed by atoms with van der Waals surface area (Å²) in [6, 6.07) is -0.152. The van der Waals surface area contributed by atoms with Gasteiger partial charge in [-0.2, -0.15) is 0 Å². The SMILES string of the molecule is CC(N)C(=O)NC1CNCC1C. The maximum Gasteiger partial charge on any atom is 0.236 e. The lowest BCUT2D eigenvalue weighted by molar-refractivity contribution is -0.122. The fraction of sp³-hybridized carbons (Fsp3) is 0.875. The molecule has 4 N–H and O–H groups in total. The third-order valence-corrected chi connectivity index (χ3v) is 2.26. The summed E-state index contributed by atoms with van der Waals surface area (Å²) in [6.45, 7) is 5.65. The summed E-state index contributed by atoms with van der Waals surface area (Å²) in [5, 5.41) is 6.11. The summed E-state index contributed by atoms with van der Waals surface area (Å²) < 4.78 is 0. The summed E-state index contributed by atoms with van der Waals surface area (Å²) in [4.78, 5) is 11.2. The molecule has 3 atom stereocenters. The van der Waals surface area contributed by atoms with E-state index < -0.39 is 6.04 Å². The van der Waals surface area contributed by atoms with Gasteiger partial charge in [0.25, 0.3) is 0 Å². The van der Waals surface area contributed by atoms with Crippen LogP contribution < -0.4 is 16.4 Å². The fourth-order valence-electron chi connectivity index (χ4n) is 1.32. The summed E-state index contributed by atoms with van der Waals surface area (Å²) in [7, 11) is 0. The highest BCUT2D eigenvalue weighted by Gasteiger charge is 2.24.